The van der Waals surface area contributed by atoms with E-state index >= 15 is 0 Å². The number of H-pyrrole nitrogens is 1. The fourth-order valence-corrected chi connectivity index (χ4v) is 3.17. The van der Waals surface area contributed by atoms with Crippen molar-refractivity contribution >= 4 is 11.2 Å². The molecule has 7 heteroatoms. The largest absolute Gasteiger partial charge is 0.344 e. The summed E-state index contributed by atoms with van der Waals surface area (Å²) >= 11 is 0. The molecule has 0 unspecified atom stereocenters. The monoisotopic (exact) mass is 370 g/mol. The number of aromatic nitrogens is 6. The van der Waals surface area contributed by atoms with Crippen LogP contribution >= 0.6 is 0 Å². The first-order valence-corrected chi connectivity index (χ1v) is 8.79. The summed E-state index contributed by atoms with van der Waals surface area (Å²) in [5, 5.41) is 4.46. The molecule has 6 nitrogen and oxygen atoms in total. The molecule has 4 aromatic heterocycles. The van der Waals surface area contributed by atoms with Crippen molar-refractivity contribution in [1.29, 1.82) is 0 Å². The molecule has 1 N–H and O–H groups in total. The number of aromatic amines is 1. The summed E-state index contributed by atoms with van der Waals surface area (Å²) in [4.78, 5) is 15.8. The van der Waals surface area contributed by atoms with E-state index < -0.39 is 5.95 Å². The molecule has 0 spiro atoms. The summed E-state index contributed by atoms with van der Waals surface area (Å²) < 4.78 is 15.3. The SMILES string of the molecule is Fc1cc(-c2cnc3[nH]cc(-c4cnn(Cc5ccccc5)c4)c3n2)ccn1. The van der Waals surface area contributed by atoms with E-state index in [1.165, 1.54) is 17.8 Å². The molecule has 0 amide bonds. The minimum Gasteiger partial charge on any atom is -0.344 e. The predicted molar refractivity (Wildman–Crippen MR) is 104 cm³/mol. The number of hydrogen-bond donors (Lipinski definition) is 1. The van der Waals surface area contributed by atoms with E-state index in [0.717, 1.165) is 11.1 Å². The molecule has 0 aliphatic rings. The van der Waals surface area contributed by atoms with Gasteiger partial charge in [0, 0.05) is 41.3 Å². The van der Waals surface area contributed by atoms with E-state index in [2.05, 4.69) is 32.2 Å². The number of pyridine rings is 1. The van der Waals surface area contributed by atoms with Gasteiger partial charge in [0.15, 0.2) is 5.65 Å². The van der Waals surface area contributed by atoms with Gasteiger partial charge >= 0.3 is 0 Å². The van der Waals surface area contributed by atoms with Crippen LogP contribution in [0.1, 0.15) is 5.56 Å². The van der Waals surface area contributed by atoms with Gasteiger partial charge in [0.2, 0.25) is 5.95 Å². The Labute approximate surface area is 159 Å². The Balaban J connectivity index is 1.52. The Morgan fingerprint density at radius 3 is 2.75 bits per heavy atom. The van der Waals surface area contributed by atoms with Crippen LogP contribution in [0, 0.1) is 5.95 Å². The van der Waals surface area contributed by atoms with E-state index in [1.54, 1.807) is 12.3 Å². The molecular formula is C21H15FN6. The van der Waals surface area contributed by atoms with Crippen LogP contribution < -0.4 is 0 Å². The molecule has 0 atom stereocenters. The highest BCUT2D eigenvalue weighted by Crippen LogP contribution is 2.28. The summed E-state index contributed by atoms with van der Waals surface area (Å²) in [5.41, 5.74) is 5.63. The Morgan fingerprint density at radius 1 is 1.00 bits per heavy atom. The Kier molecular flexibility index (Phi) is 3.90. The molecular weight excluding hydrogens is 355 g/mol. The summed E-state index contributed by atoms with van der Waals surface area (Å²) in [7, 11) is 0. The molecule has 28 heavy (non-hydrogen) atoms. The van der Waals surface area contributed by atoms with Crippen molar-refractivity contribution in [2.24, 2.45) is 0 Å². The highest BCUT2D eigenvalue weighted by molar-refractivity contribution is 5.91. The average Bonchev–Trinajstić information content (AvgIpc) is 3.35. The molecule has 0 aliphatic carbocycles. The van der Waals surface area contributed by atoms with Crippen LogP contribution in [-0.4, -0.2) is 29.7 Å². The van der Waals surface area contributed by atoms with Gasteiger partial charge in [-0.05, 0) is 11.6 Å². The van der Waals surface area contributed by atoms with Gasteiger partial charge in [-0.1, -0.05) is 30.3 Å². The van der Waals surface area contributed by atoms with Gasteiger partial charge in [-0.15, -0.1) is 0 Å². The summed E-state index contributed by atoms with van der Waals surface area (Å²) in [6.07, 6.45) is 8.70. The predicted octanol–water partition coefficient (Wildman–Crippen LogP) is 4.07. The first-order chi connectivity index (χ1) is 13.8. The highest BCUT2D eigenvalue weighted by Gasteiger charge is 2.13. The number of fused-ring (bicyclic) bond motifs is 1. The van der Waals surface area contributed by atoms with Crippen molar-refractivity contribution in [3.63, 3.8) is 0 Å². The fraction of sp³-hybridized carbons (Fsp3) is 0.0476. The van der Waals surface area contributed by atoms with Crippen LogP contribution in [0.2, 0.25) is 0 Å². The van der Waals surface area contributed by atoms with E-state index in [-0.39, 0.29) is 0 Å². The third kappa shape index (κ3) is 3.03. The van der Waals surface area contributed by atoms with Crippen LogP contribution in [0.25, 0.3) is 33.5 Å². The number of nitrogens with one attached hydrogen (secondary N) is 1. The molecule has 0 saturated carbocycles. The van der Waals surface area contributed by atoms with E-state index in [4.69, 9.17) is 4.98 Å². The fourth-order valence-electron chi connectivity index (χ4n) is 3.17. The van der Waals surface area contributed by atoms with E-state index in [1.807, 2.05) is 41.5 Å². The zero-order chi connectivity index (χ0) is 18.9. The van der Waals surface area contributed by atoms with E-state index in [0.29, 0.717) is 29.0 Å². The van der Waals surface area contributed by atoms with Crippen LogP contribution in [0.15, 0.2) is 73.4 Å². The Bertz CT molecular complexity index is 1260. The molecule has 5 aromatic rings. The van der Waals surface area contributed by atoms with Crippen molar-refractivity contribution in [3.05, 3.63) is 85.0 Å². The standard InChI is InChI=1S/C21H15FN6/c22-19-8-15(6-7-23-19)18-11-25-21-20(27-18)17(10-24-21)16-9-26-28(13-16)12-14-4-2-1-3-5-14/h1-11,13H,12H2,(H,24,25). The minimum absolute atomic E-state index is 0.545. The van der Waals surface area contributed by atoms with Gasteiger partial charge in [-0.25, -0.2) is 15.0 Å². The summed E-state index contributed by atoms with van der Waals surface area (Å²) in [5.74, 6) is -0.545. The number of benzene rings is 1. The van der Waals surface area contributed by atoms with Gasteiger partial charge in [-0.2, -0.15) is 9.49 Å². The van der Waals surface area contributed by atoms with Gasteiger partial charge in [0.1, 0.15) is 5.52 Å². The first kappa shape index (κ1) is 16.3. The smallest absolute Gasteiger partial charge is 0.213 e. The van der Waals surface area contributed by atoms with Crippen LogP contribution in [0.4, 0.5) is 4.39 Å². The number of halogens is 1. The lowest BCUT2D eigenvalue weighted by molar-refractivity contribution is 0.584. The van der Waals surface area contributed by atoms with Crippen LogP contribution in [0.5, 0.6) is 0 Å². The average molecular weight is 370 g/mol. The van der Waals surface area contributed by atoms with Crippen molar-refractivity contribution in [2.45, 2.75) is 6.54 Å². The molecule has 0 saturated heterocycles. The second-order valence-corrected chi connectivity index (χ2v) is 6.43. The molecule has 4 heterocycles. The van der Waals surface area contributed by atoms with Crippen molar-refractivity contribution in [3.8, 4) is 22.4 Å². The Hall–Kier alpha value is -3.87. The maximum atomic E-state index is 13.5. The summed E-state index contributed by atoms with van der Waals surface area (Å²) in [6.45, 7) is 0.691. The maximum Gasteiger partial charge on any atom is 0.213 e. The Morgan fingerprint density at radius 2 is 1.89 bits per heavy atom. The molecule has 0 fully saturated rings. The number of hydrogen-bond acceptors (Lipinski definition) is 4. The molecule has 136 valence electrons. The molecule has 0 radical (unpaired) electrons. The van der Waals surface area contributed by atoms with Gasteiger partial charge in [0.05, 0.1) is 24.6 Å². The lowest BCUT2D eigenvalue weighted by atomic mass is 10.1. The second kappa shape index (κ2) is 6.70. The highest BCUT2D eigenvalue weighted by atomic mass is 19.1. The molecule has 0 bridgehead atoms. The van der Waals surface area contributed by atoms with Crippen LogP contribution in [-0.2, 0) is 6.54 Å². The molecule has 0 aliphatic heterocycles. The first-order valence-electron chi connectivity index (χ1n) is 8.79. The normalized spacial score (nSPS) is 11.2. The van der Waals surface area contributed by atoms with Gasteiger partial charge in [0.25, 0.3) is 0 Å². The lowest BCUT2D eigenvalue weighted by Crippen LogP contribution is -1.99. The zero-order valence-electron chi connectivity index (χ0n) is 14.7. The van der Waals surface area contributed by atoms with Gasteiger partial charge < -0.3 is 4.98 Å². The van der Waals surface area contributed by atoms with Crippen molar-refractivity contribution in [2.75, 3.05) is 0 Å². The third-order valence-electron chi connectivity index (χ3n) is 4.53. The molecule has 5 rings (SSSR count). The molecule has 1 aromatic carbocycles. The number of rotatable bonds is 4. The second-order valence-electron chi connectivity index (χ2n) is 6.43. The topological polar surface area (TPSA) is 72.3 Å². The maximum absolute atomic E-state index is 13.5. The van der Waals surface area contributed by atoms with Gasteiger partial charge in [-0.3, -0.25) is 4.68 Å². The third-order valence-corrected chi connectivity index (χ3v) is 4.53. The zero-order valence-corrected chi connectivity index (χ0v) is 14.7. The van der Waals surface area contributed by atoms with E-state index in [9.17, 15) is 4.39 Å². The lowest BCUT2D eigenvalue weighted by Gasteiger charge is -2.02. The van der Waals surface area contributed by atoms with Crippen LogP contribution in [0.3, 0.4) is 0 Å². The number of nitrogens with zero attached hydrogens (tertiary/aromatic N) is 5. The van der Waals surface area contributed by atoms with Crippen molar-refractivity contribution in [1.82, 2.24) is 29.7 Å². The minimum atomic E-state index is -0.545. The van der Waals surface area contributed by atoms with Crippen molar-refractivity contribution < 1.29 is 4.39 Å². The summed E-state index contributed by atoms with van der Waals surface area (Å²) in [6, 6.07) is 13.2. The quantitative estimate of drug-likeness (QED) is 0.484.